The monoisotopic (exact) mass is 411 g/mol. The first-order valence-electron chi connectivity index (χ1n) is 11.1. The first-order valence-corrected chi connectivity index (χ1v) is 11.1. The lowest BCUT2D eigenvalue weighted by molar-refractivity contribution is -0.136. The number of nitrogens with one attached hydrogen (secondary N) is 1. The fourth-order valence-corrected chi connectivity index (χ4v) is 5.92. The lowest BCUT2D eigenvalue weighted by atomic mass is 9.76. The van der Waals surface area contributed by atoms with Gasteiger partial charge in [0.25, 0.3) is 5.91 Å². The number of hydrogen-bond donors (Lipinski definition) is 2. The molecule has 30 heavy (non-hydrogen) atoms. The van der Waals surface area contributed by atoms with Gasteiger partial charge >= 0.3 is 0 Å². The Morgan fingerprint density at radius 2 is 1.90 bits per heavy atom. The highest BCUT2D eigenvalue weighted by molar-refractivity contribution is 6.05. The summed E-state index contributed by atoms with van der Waals surface area (Å²) in [5.74, 6) is -0.284. The summed E-state index contributed by atoms with van der Waals surface area (Å²) in [6.07, 6.45) is 6.43. The predicted octanol–water partition coefficient (Wildman–Crippen LogP) is 1.83. The van der Waals surface area contributed by atoms with Crippen LogP contribution >= 0.6 is 0 Å². The normalized spacial score (nSPS) is 28.2. The zero-order chi connectivity index (χ0) is 20.9. The van der Waals surface area contributed by atoms with E-state index >= 15 is 0 Å². The molecule has 3 fully saturated rings. The van der Waals surface area contributed by atoms with E-state index in [4.69, 9.17) is 0 Å². The van der Waals surface area contributed by atoms with Crippen LogP contribution in [0.25, 0.3) is 0 Å². The van der Waals surface area contributed by atoms with Gasteiger partial charge in [-0.05, 0) is 67.6 Å². The van der Waals surface area contributed by atoms with Crippen molar-refractivity contribution in [1.29, 1.82) is 0 Å². The van der Waals surface area contributed by atoms with E-state index in [0.717, 1.165) is 50.0 Å². The number of fused-ring (bicyclic) bond motifs is 1. The number of aliphatic hydroxyl groups excluding tert-OH is 1. The minimum absolute atomic E-state index is 0.114. The summed E-state index contributed by atoms with van der Waals surface area (Å²) in [6, 6.07) is 5.51. The first-order chi connectivity index (χ1) is 14.5. The summed E-state index contributed by atoms with van der Waals surface area (Å²) in [5, 5.41) is 11.8. The van der Waals surface area contributed by atoms with Crippen molar-refractivity contribution in [3.05, 3.63) is 29.3 Å². The van der Waals surface area contributed by atoms with Gasteiger partial charge in [-0.1, -0.05) is 6.07 Å². The van der Waals surface area contributed by atoms with Crippen molar-refractivity contribution in [1.82, 2.24) is 10.2 Å². The Hall–Kier alpha value is -2.41. The molecule has 3 aliphatic heterocycles. The quantitative estimate of drug-likeness (QED) is 0.741. The van der Waals surface area contributed by atoms with E-state index in [9.17, 15) is 19.5 Å². The molecule has 3 heterocycles. The van der Waals surface area contributed by atoms with Gasteiger partial charge in [0.05, 0.1) is 0 Å². The van der Waals surface area contributed by atoms with Crippen molar-refractivity contribution < 1.29 is 19.5 Å². The maximum atomic E-state index is 13.1. The van der Waals surface area contributed by atoms with Crippen LogP contribution in [0.3, 0.4) is 0 Å². The number of piperidine rings is 2. The number of nitrogens with zero attached hydrogens (tertiary/aromatic N) is 2. The molecular formula is C23H29N3O4. The van der Waals surface area contributed by atoms with Crippen LogP contribution < -0.4 is 10.2 Å². The summed E-state index contributed by atoms with van der Waals surface area (Å²) in [5.41, 5.74) is 3.08. The van der Waals surface area contributed by atoms with E-state index in [-0.39, 0.29) is 24.1 Å². The number of amides is 3. The molecule has 1 spiro atoms. The van der Waals surface area contributed by atoms with Crippen LogP contribution in [0.1, 0.15) is 60.9 Å². The number of anilines is 1. The third kappa shape index (κ3) is 3.29. The Bertz CT molecular complexity index is 890. The van der Waals surface area contributed by atoms with Gasteiger partial charge in [-0.25, -0.2) is 0 Å². The number of hydrogen-bond acceptors (Lipinski definition) is 5. The Morgan fingerprint density at radius 3 is 2.60 bits per heavy atom. The van der Waals surface area contributed by atoms with Gasteiger partial charge in [-0.15, -0.1) is 0 Å². The summed E-state index contributed by atoms with van der Waals surface area (Å²) < 4.78 is 0. The summed E-state index contributed by atoms with van der Waals surface area (Å²) in [6.45, 7) is 2.68. The molecule has 2 N–H and O–H groups in total. The Balaban J connectivity index is 1.28. The number of imide groups is 1. The largest absolute Gasteiger partial charge is 0.396 e. The molecule has 1 aliphatic carbocycles. The van der Waals surface area contributed by atoms with E-state index < -0.39 is 6.04 Å². The highest BCUT2D eigenvalue weighted by Crippen LogP contribution is 2.49. The molecule has 0 bridgehead atoms. The summed E-state index contributed by atoms with van der Waals surface area (Å²) in [7, 11) is 0. The van der Waals surface area contributed by atoms with Crippen LogP contribution in [-0.2, 0) is 16.1 Å². The smallest absolute Gasteiger partial charge is 0.255 e. The zero-order valence-electron chi connectivity index (χ0n) is 17.2. The standard InChI is InChI=1S/C23H29N3O4/c27-14-15-5-6-23(12-15)7-9-25(10-8-23)17-2-1-16-13-26(22(30)18(16)11-17)19-3-4-20(28)24-21(19)29/h1-2,11,15,19,27H,3-10,12-14H2,(H,24,28,29). The molecule has 2 unspecified atom stereocenters. The van der Waals surface area contributed by atoms with Gasteiger partial charge in [0.2, 0.25) is 11.8 Å². The fraction of sp³-hybridized carbons (Fsp3) is 0.609. The minimum Gasteiger partial charge on any atom is -0.396 e. The maximum Gasteiger partial charge on any atom is 0.255 e. The molecule has 1 aromatic carbocycles. The van der Waals surface area contributed by atoms with Crippen molar-refractivity contribution in [3.63, 3.8) is 0 Å². The Morgan fingerprint density at radius 1 is 1.10 bits per heavy atom. The highest BCUT2D eigenvalue weighted by atomic mass is 16.3. The molecule has 3 amide bonds. The van der Waals surface area contributed by atoms with Gasteiger partial charge in [-0.3, -0.25) is 19.7 Å². The third-order valence-electron chi connectivity index (χ3n) is 7.76. The van der Waals surface area contributed by atoms with Crippen molar-refractivity contribution in [2.75, 3.05) is 24.6 Å². The van der Waals surface area contributed by atoms with Crippen molar-refractivity contribution in [2.24, 2.45) is 11.3 Å². The second-order valence-corrected chi connectivity index (χ2v) is 9.52. The van der Waals surface area contributed by atoms with Crippen LogP contribution in [0.5, 0.6) is 0 Å². The first kappa shape index (κ1) is 19.5. The van der Waals surface area contributed by atoms with Crippen molar-refractivity contribution in [2.45, 2.75) is 57.5 Å². The van der Waals surface area contributed by atoms with Crippen LogP contribution in [0, 0.1) is 11.3 Å². The molecule has 0 aromatic heterocycles. The number of carbonyl (C=O) groups is 3. The van der Waals surface area contributed by atoms with E-state index in [1.807, 2.05) is 12.1 Å². The third-order valence-corrected chi connectivity index (χ3v) is 7.76. The Kier molecular flexibility index (Phi) is 4.81. The topological polar surface area (TPSA) is 90.0 Å². The lowest BCUT2D eigenvalue weighted by Crippen LogP contribution is -2.52. The number of carbonyl (C=O) groups excluding carboxylic acids is 3. The van der Waals surface area contributed by atoms with E-state index in [1.165, 1.54) is 6.42 Å². The van der Waals surface area contributed by atoms with Gasteiger partial charge in [-0.2, -0.15) is 0 Å². The molecule has 2 atom stereocenters. The summed E-state index contributed by atoms with van der Waals surface area (Å²) in [4.78, 5) is 40.7. The predicted molar refractivity (Wildman–Crippen MR) is 111 cm³/mol. The van der Waals surface area contributed by atoms with Crippen LogP contribution in [0.15, 0.2) is 18.2 Å². The molecule has 1 saturated carbocycles. The van der Waals surface area contributed by atoms with Gasteiger partial charge < -0.3 is 14.9 Å². The molecule has 7 heteroatoms. The van der Waals surface area contributed by atoms with Gasteiger partial charge in [0, 0.05) is 43.9 Å². The number of aliphatic hydroxyl groups is 1. The molecule has 5 rings (SSSR count). The molecule has 4 aliphatic rings. The highest BCUT2D eigenvalue weighted by Gasteiger charge is 2.42. The van der Waals surface area contributed by atoms with E-state index in [1.54, 1.807) is 4.90 Å². The van der Waals surface area contributed by atoms with Crippen molar-refractivity contribution >= 4 is 23.4 Å². The Labute approximate surface area is 176 Å². The fourth-order valence-electron chi connectivity index (χ4n) is 5.92. The molecule has 160 valence electrons. The van der Waals surface area contributed by atoms with Gasteiger partial charge in [0.1, 0.15) is 6.04 Å². The van der Waals surface area contributed by atoms with Crippen LogP contribution in [0.2, 0.25) is 0 Å². The van der Waals surface area contributed by atoms with E-state index in [0.29, 0.717) is 36.5 Å². The second kappa shape index (κ2) is 7.38. The zero-order valence-corrected chi connectivity index (χ0v) is 17.2. The number of rotatable bonds is 3. The van der Waals surface area contributed by atoms with Crippen LogP contribution in [0.4, 0.5) is 5.69 Å². The molecular weight excluding hydrogens is 382 g/mol. The molecule has 0 radical (unpaired) electrons. The molecule has 7 nitrogen and oxygen atoms in total. The van der Waals surface area contributed by atoms with Gasteiger partial charge in [0.15, 0.2) is 0 Å². The lowest BCUT2D eigenvalue weighted by Gasteiger charge is -2.41. The van der Waals surface area contributed by atoms with E-state index in [2.05, 4.69) is 16.3 Å². The average Bonchev–Trinajstić information content (AvgIpc) is 3.30. The SMILES string of the molecule is O=C1CCC(N2Cc3ccc(N4CCC5(CCC(CO)C5)CC4)cc3C2=O)C(=O)N1. The molecule has 2 saturated heterocycles. The maximum absolute atomic E-state index is 13.1. The van der Waals surface area contributed by atoms with Crippen molar-refractivity contribution in [3.8, 4) is 0 Å². The minimum atomic E-state index is -0.567. The summed E-state index contributed by atoms with van der Waals surface area (Å²) >= 11 is 0. The average molecular weight is 412 g/mol. The molecule has 1 aromatic rings. The van der Waals surface area contributed by atoms with Crippen LogP contribution in [-0.4, -0.2) is 53.5 Å². The second-order valence-electron chi connectivity index (χ2n) is 9.52. The number of benzene rings is 1.